The average Bonchev–Trinajstić information content (AvgIpc) is 3.19. The fourth-order valence-electron chi connectivity index (χ4n) is 4.56. The van der Waals surface area contributed by atoms with Gasteiger partial charge >= 0.3 is 13.1 Å². The summed E-state index contributed by atoms with van der Waals surface area (Å²) < 4.78 is 49.5. The molecule has 0 radical (unpaired) electrons. The first-order valence-electron chi connectivity index (χ1n) is 9.76. The Balaban J connectivity index is 0.000000393. The molecular weight excluding hydrogens is 397 g/mol. The number of hydrogen-bond acceptors (Lipinski definition) is 2. The maximum absolute atomic E-state index is 9.75. The molecule has 0 spiro atoms. The average molecular weight is 419 g/mol. The molecule has 0 saturated heterocycles. The standard InChI is InChI=1S/C21H22N3O.BF4/c1-13-8-14(2)20(15(3)9-13)24-12-23-19(22-24)11-25-18-10-16-6-4-5-7-17(16)21(18)23;2-1(3,4)5/h4-9,12,18,21H,10-11H2,1-3H3;/q+1;-1/t18-,21?;/m1./s1. The smallest absolute Gasteiger partial charge is 0.418 e. The van der Waals surface area contributed by atoms with E-state index in [0.717, 1.165) is 12.2 Å². The number of aryl methyl sites for hydroxylation is 3. The lowest BCUT2D eigenvalue weighted by Gasteiger charge is -2.23. The molecule has 158 valence electrons. The first-order chi connectivity index (χ1) is 14.1. The largest absolute Gasteiger partial charge is 0.673 e. The van der Waals surface area contributed by atoms with Gasteiger partial charge in [-0.05, 0) is 43.0 Å². The third kappa shape index (κ3) is 3.98. The van der Waals surface area contributed by atoms with Crippen LogP contribution in [0.1, 0.15) is 39.7 Å². The summed E-state index contributed by atoms with van der Waals surface area (Å²) in [6.45, 7) is 7.03. The Labute approximate surface area is 172 Å². The highest BCUT2D eigenvalue weighted by atomic mass is 19.5. The number of benzene rings is 2. The van der Waals surface area contributed by atoms with Gasteiger partial charge in [0.15, 0.2) is 0 Å². The van der Waals surface area contributed by atoms with E-state index in [9.17, 15) is 17.3 Å². The van der Waals surface area contributed by atoms with Crippen molar-refractivity contribution in [3.63, 3.8) is 0 Å². The van der Waals surface area contributed by atoms with Gasteiger partial charge in [-0.15, -0.1) is 0 Å². The minimum absolute atomic E-state index is 0.216. The molecule has 1 aromatic heterocycles. The van der Waals surface area contributed by atoms with Crippen LogP contribution in [0.2, 0.25) is 0 Å². The molecule has 1 unspecified atom stereocenters. The van der Waals surface area contributed by atoms with Crippen molar-refractivity contribution in [2.75, 3.05) is 0 Å². The van der Waals surface area contributed by atoms with Crippen LogP contribution in [0.5, 0.6) is 0 Å². The molecule has 4 nitrogen and oxygen atoms in total. The summed E-state index contributed by atoms with van der Waals surface area (Å²) in [6.07, 6.45) is 3.36. The fraction of sp³-hybridized carbons (Fsp3) is 0.333. The molecule has 0 saturated carbocycles. The Hall–Kier alpha value is -2.68. The predicted octanol–water partition coefficient (Wildman–Crippen LogP) is 4.43. The second-order valence-corrected chi connectivity index (χ2v) is 7.82. The summed E-state index contributed by atoms with van der Waals surface area (Å²) in [5, 5.41) is 4.86. The van der Waals surface area contributed by atoms with Crippen LogP contribution in [0.4, 0.5) is 17.3 Å². The minimum atomic E-state index is -6.00. The summed E-state index contributed by atoms with van der Waals surface area (Å²) in [6, 6.07) is 13.4. The maximum atomic E-state index is 9.75. The predicted molar refractivity (Wildman–Crippen MR) is 105 cm³/mol. The Kier molecular flexibility index (Phi) is 5.17. The van der Waals surface area contributed by atoms with Gasteiger partial charge in [-0.2, -0.15) is 0 Å². The van der Waals surface area contributed by atoms with Gasteiger partial charge in [0.1, 0.15) is 24.4 Å². The minimum Gasteiger partial charge on any atom is -0.418 e. The highest BCUT2D eigenvalue weighted by Gasteiger charge is 2.43. The van der Waals surface area contributed by atoms with Crippen LogP contribution < -0.4 is 4.57 Å². The second kappa shape index (κ2) is 7.54. The van der Waals surface area contributed by atoms with Crippen molar-refractivity contribution in [2.45, 2.75) is 45.9 Å². The first kappa shape index (κ1) is 20.6. The molecule has 1 aliphatic carbocycles. The number of hydrogen-bond donors (Lipinski definition) is 0. The molecule has 0 bridgehead atoms. The van der Waals surface area contributed by atoms with E-state index in [1.54, 1.807) is 0 Å². The maximum Gasteiger partial charge on any atom is 0.673 e. The number of halogens is 4. The van der Waals surface area contributed by atoms with Crippen molar-refractivity contribution in [2.24, 2.45) is 0 Å². The molecule has 9 heteroatoms. The van der Waals surface area contributed by atoms with Crippen LogP contribution in [0, 0.1) is 20.8 Å². The SMILES string of the molecule is Cc1cc(C)c(-n2c[n+]3c(n2)CO[C@@H]2Cc4ccccc4C23)c(C)c1.F[B-](F)(F)F. The lowest BCUT2D eigenvalue weighted by atomic mass is 10.1. The van der Waals surface area contributed by atoms with Crippen LogP contribution >= 0.6 is 0 Å². The Bertz CT molecular complexity index is 1070. The summed E-state index contributed by atoms with van der Waals surface area (Å²) in [5.41, 5.74) is 7.74. The van der Waals surface area contributed by atoms with Crippen molar-refractivity contribution in [1.82, 2.24) is 9.78 Å². The van der Waals surface area contributed by atoms with Gasteiger partial charge in [-0.3, -0.25) is 0 Å². The fourth-order valence-corrected chi connectivity index (χ4v) is 4.56. The van der Waals surface area contributed by atoms with Crippen LogP contribution in [-0.4, -0.2) is 23.1 Å². The van der Waals surface area contributed by atoms with Gasteiger partial charge in [-0.1, -0.05) is 46.6 Å². The number of rotatable bonds is 1. The Morgan fingerprint density at radius 2 is 1.70 bits per heavy atom. The molecule has 2 atom stereocenters. The highest BCUT2D eigenvalue weighted by Crippen LogP contribution is 2.35. The van der Waals surface area contributed by atoms with E-state index >= 15 is 0 Å². The van der Waals surface area contributed by atoms with Gasteiger partial charge in [0.2, 0.25) is 6.33 Å². The molecule has 2 aliphatic rings. The monoisotopic (exact) mass is 419 g/mol. The molecule has 0 fully saturated rings. The number of fused-ring (bicyclic) bond motifs is 5. The molecule has 0 N–H and O–H groups in total. The molecule has 2 heterocycles. The van der Waals surface area contributed by atoms with Crippen molar-refractivity contribution in [1.29, 1.82) is 0 Å². The van der Waals surface area contributed by atoms with E-state index in [4.69, 9.17) is 9.84 Å². The third-order valence-electron chi connectivity index (χ3n) is 5.49. The lowest BCUT2D eigenvalue weighted by Crippen LogP contribution is -2.51. The quantitative estimate of drug-likeness (QED) is 0.332. The van der Waals surface area contributed by atoms with E-state index < -0.39 is 7.25 Å². The molecule has 0 amide bonds. The van der Waals surface area contributed by atoms with E-state index in [0.29, 0.717) is 6.61 Å². The molecule has 3 aromatic rings. The van der Waals surface area contributed by atoms with Crippen molar-refractivity contribution < 1.29 is 26.6 Å². The third-order valence-corrected chi connectivity index (χ3v) is 5.49. The van der Waals surface area contributed by atoms with Crippen LogP contribution in [0.15, 0.2) is 42.7 Å². The molecule has 1 aliphatic heterocycles. The van der Waals surface area contributed by atoms with Gasteiger partial charge in [0, 0.05) is 11.5 Å². The number of ether oxygens (including phenoxy) is 1. The van der Waals surface area contributed by atoms with Crippen molar-refractivity contribution in [3.05, 3.63) is 76.4 Å². The lowest BCUT2D eigenvalue weighted by molar-refractivity contribution is -0.739. The molecule has 30 heavy (non-hydrogen) atoms. The van der Waals surface area contributed by atoms with Crippen LogP contribution in [0.25, 0.3) is 5.69 Å². The van der Waals surface area contributed by atoms with E-state index in [-0.39, 0.29) is 12.1 Å². The summed E-state index contributed by atoms with van der Waals surface area (Å²) in [7, 11) is -6.00. The molecular formula is C21H22BF4N3O. The Morgan fingerprint density at radius 3 is 2.37 bits per heavy atom. The molecule has 2 aromatic carbocycles. The second-order valence-electron chi connectivity index (χ2n) is 7.82. The highest BCUT2D eigenvalue weighted by molar-refractivity contribution is 6.50. The molecule has 5 rings (SSSR count). The first-order valence-corrected chi connectivity index (χ1v) is 9.76. The van der Waals surface area contributed by atoms with Gasteiger partial charge in [0.25, 0.3) is 0 Å². The van der Waals surface area contributed by atoms with Crippen LogP contribution in [0.3, 0.4) is 0 Å². The summed E-state index contributed by atoms with van der Waals surface area (Å²) in [4.78, 5) is 0. The van der Waals surface area contributed by atoms with E-state index in [1.807, 2.05) is 4.68 Å². The zero-order valence-corrected chi connectivity index (χ0v) is 16.9. The Morgan fingerprint density at radius 1 is 1.07 bits per heavy atom. The topological polar surface area (TPSA) is 30.9 Å². The van der Waals surface area contributed by atoms with Crippen molar-refractivity contribution in [3.8, 4) is 5.69 Å². The zero-order chi connectivity index (χ0) is 21.6. The van der Waals surface area contributed by atoms with Gasteiger partial charge in [-0.25, -0.2) is 4.57 Å². The number of nitrogens with zero attached hydrogens (tertiary/aromatic N) is 3. The summed E-state index contributed by atoms with van der Waals surface area (Å²) in [5.74, 6) is 0.998. The normalized spacial score (nSPS) is 19.4. The van der Waals surface area contributed by atoms with E-state index in [1.165, 1.54) is 33.5 Å². The number of aromatic nitrogens is 3. The summed E-state index contributed by atoms with van der Waals surface area (Å²) >= 11 is 0. The van der Waals surface area contributed by atoms with E-state index in [2.05, 4.69) is 68.1 Å². The van der Waals surface area contributed by atoms with Gasteiger partial charge in [0.05, 0.1) is 0 Å². The van der Waals surface area contributed by atoms with Crippen LogP contribution in [-0.2, 0) is 17.8 Å². The van der Waals surface area contributed by atoms with Gasteiger partial charge < -0.3 is 22.0 Å². The zero-order valence-electron chi connectivity index (χ0n) is 16.9. The van der Waals surface area contributed by atoms with Crippen molar-refractivity contribution >= 4 is 7.25 Å².